The Bertz CT molecular complexity index is 644. The van der Waals surface area contributed by atoms with E-state index in [1.165, 1.54) is 0 Å². The van der Waals surface area contributed by atoms with Gasteiger partial charge in [-0.2, -0.15) is 0 Å². The number of benzene rings is 2. The van der Waals surface area contributed by atoms with Crippen molar-refractivity contribution in [2.75, 3.05) is 0 Å². The molecule has 0 amide bonds. The molecule has 0 aliphatic carbocycles. The Labute approximate surface area is 106 Å². The number of aromatic nitrogens is 1. The van der Waals surface area contributed by atoms with E-state index in [-0.39, 0.29) is 0 Å². The Balaban J connectivity index is 1.87. The molecule has 0 spiro atoms. The van der Waals surface area contributed by atoms with Crippen molar-refractivity contribution < 1.29 is 4.74 Å². The molecular weight excluding hydrogens is 222 g/mol. The molecule has 1 heterocycles. The van der Waals surface area contributed by atoms with Gasteiger partial charge in [-0.15, -0.1) is 0 Å². The van der Waals surface area contributed by atoms with Crippen molar-refractivity contribution in [3.63, 3.8) is 0 Å². The van der Waals surface area contributed by atoms with Gasteiger partial charge in [0, 0.05) is 11.6 Å². The summed E-state index contributed by atoms with van der Waals surface area (Å²) < 4.78 is 5.85. The van der Waals surface area contributed by atoms with Gasteiger partial charge in [-0.1, -0.05) is 36.4 Å². The van der Waals surface area contributed by atoms with E-state index in [4.69, 9.17) is 4.74 Å². The van der Waals surface area contributed by atoms with Gasteiger partial charge in [-0.3, -0.25) is 4.98 Å². The summed E-state index contributed by atoms with van der Waals surface area (Å²) >= 11 is 0. The number of rotatable bonds is 3. The molecule has 0 N–H and O–H groups in total. The second kappa shape index (κ2) is 4.88. The SMILES string of the molecule is [c]1ccc(COc2ccnc3ccccc23)cc1. The van der Waals surface area contributed by atoms with Crippen LogP contribution < -0.4 is 4.74 Å². The van der Waals surface area contributed by atoms with Gasteiger partial charge in [0.15, 0.2) is 0 Å². The van der Waals surface area contributed by atoms with Crippen molar-refractivity contribution in [3.05, 3.63) is 72.4 Å². The number of hydrogen-bond donors (Lipinski definition) is 0. The Morgan fingerprint density at radius 3 is 2.72 bits per heavy atom. The van der Waals surface area contributed by atoms with Crippen molar-refractivity contribution in [1.82, 2.24) is 4.98 Å². The lowest BCUT2D eigenvalue weighted by atomic mass is 10.2. The average Bonchev–Trinajstić information content (AvgIpc) is 2.46. The quantitative estimate of drug-likeness (QED) is 0.690. The third kappa shape index (κ3) is 2.18. The second-order valence-corrected chi connectivity index (χ2v) is 4.02. The summed E-state index contributed by atoms with van der Waals surface area (Å²) in [6, 6.07) is 20.7. The van der Waals surface area contributed by atoms with Gasteiger partial charge in [0.2, 0.25) is 0 Å². The van der Waals surface area contributed by atoms with Crippen LogP contribution in [0.2, 0.25) is 0 Å². The molecule has 0 saturated heterocycles. The Morgan fingerprint density at radius 2 is 1.83 bits per heavy atom. The highest BCUT2D eigenvalue weighted by Gasteiger charge is 2.02. The van der Waals surface area contributed by atoms with Crippen LogP contribution in [0, 0.1) is 6.07 Å². The lowest BCUT2D eigenvalue weighted by Crippen LogP contribution is -1.96. The van der Waals surface area contributed by atoms with E-state index in [1.807, 2.05) is 54.6 Å². The Hall–Kier alpha value is -2.35. The van der Waals surface area contributed by atoms with Crippen LogP contribution in [0.25, 0.3) is 10.9 Å². The normalized spacial score (nSPS) is 10.4. The van der Waals surface area contributed by atoms with Gasteiger partial charge < -0.3 is 4.74 Å². The summed E-state index contributed by atoms with van der Waals surface area (Å²) in [4.78, 5) is 4.31. The zero-order valence-electron chi connectivity index (χ0n) is 9.84. The molecule has 0 aliphatic heterocycles. The maximum absolute atomic E-state index is 5.85. The van der Waals surface area contributed by atoms with E-state index in [0.29, 0.717) is 6.61 Å². The second-order valence-electron chi connectivity index (χ2n) is 4.02. The van der Waals surface area contributed by atoms with Crippen molar-refractivity contribution >= 4 is 10.9 Å². The van der Waals surface area contributed by atoms with Crippen molar-refractivity contribution in [2.24, 2.45) is 0 Å². The fraction of sp³-hybridized carbons (Fsp3) is 0.0625. The summed E-state index contributed by atoms with van der Waals surface area (Å²) in [5.74, 6) is 0.869. The highest BCUT2D eigenvalue weighted by molar-refractivity contribution is 5.84. The molecule has 87 valence electrons. The molecular formula is C16H12NO. The molecule has 3 rings (SSSR count). The molecule has 2 aromatic carbocycles. The van der Waals surface area contributed by atoms with Crippen LogP contribution >= 0.6 is 0 Å². The van der Waals surface area contributed by atoms with Crippen LogP contribution in [0.1, 0.15) is 5.56 Å². The highest BCUT2D eigenvalue weighted by Crippen LogP contribution is 2.24. The third-order valence-electron chi connectivity index (χ3n) is 2.79. The van der Waals surface area contributed by atoms with Gasteiger partial charge >= 0.3 is 0 Å². The van der Waals surface area contributed by atoms with E-state index < -0.39 is 0 Å². The third-order valence-corrected chi connectivity index (χ3v) is 2.79. The zero-order chi connectivity index (χ0) is 12.2. The number of pyridine rings is 1. The molecule has 0 aliphatic rings. The number of hydrogen-bond acceptors (Lipinski definition) is 2. The van der Waals surface area contributed by atoms with Crippen molar-refractivity contribution in [2.45, 2.75) is 6.61 Å². The molecule has 2 heteroatoms. The first-order valence-electron chi connectivity index (χ1n) is 5.85. The fourth-order valence-corrected chi connectivity index (χ4v) is 1.87. The minimum absolute atomic E-state index is 0.558. The van der Waals surface area contributed by atoms with Gasteiger partial charge in [0.05, 0.1) is 5.52 Å². The smallest absolute Gasteiger partial charge is 0.130 e. The first kappa shape index (κ1) is 10.8. The maximum atomic E-state index is 5.85. The molecule has 2 nitrogen and oxygen atoms in total. The summed E-state index contributed by atoms with van der Waals surface area (Å²) in [6.45, 7) is 0.558. The molecule has 1 aromatic heterocycles. The van der Waals surface area contributed by atoms with Crippen LogP contribution in [0.3, 0.4) is 0 Å². The van der Waals surface area contributed by atoms with E-state index in [0.717, 1.165) is 22.2 Å². The molecule has 0 bridgehead atoms. The fourth-order valence-electron chi connectivity index (χ4n) is 1.87. The zero-order valence-corrected chi connectivity index (χ0v) is 9.84. The van der Waals surface area contributed by atoms with E-state index in [9.17, 15) is 0 Å². The van der Waals surface area contributed by atoms with Gasteiger partial charge in [0.1, 0.15) is 12.4 Å². The Morgan fingerprint density at radius 1 is 1.00 bits per heavy atom. The monoisotopic (exact) mass is 234 g/mol. The largest absolute Gasteiger partial charge is 0.488 e. The number of ether oxygens (including phenoxy) is 1. The number of para-hydroxylation sites is 1. The average molecular weight is 234 g/mol. The summed E-state index contributed by atoms with van der Waals surface area (Å²) in [7, 11) is 0. The minimum Gasteiger partial charge on any atom is -0.488 e. The van der Waals surface area contributed by atoms with Gasteiger partial charge in [0.25, 0.3) is 0 Å². The van der Waals surface area contributed by atoms with Crippen LogP contribution in [0.4, 0.5) is 0 Å². The number of fused-ring (bicyclic) bond motifs is 1. The number of nitrogens with zero attached hydrogens (tertiary/aromatic N) is 1. The predicted octanol–water partition coefficient (Wildman–Crippen LogP) is 3.61. The molecule has 0 atom stereocenters. The minimum atomic E-state index is 0.558. The summed E-state index contributed by atoms with van der Waals surface area (Å²) in [6.07, 6.45) is 1.77. The lowest BCUT2D eigenvalue weighted by molar-refractivity contribution is 0.310. The summed E-state index contributed by atoms with van der Waals surface area (Å²) in [5, 5.41) is 1.04. The van der Waals surface area contributed by atoms with Crippen molar-refractivity contribution in [1.29, 1.82) is 0 Å². The van der Waals surface area contributed by atoms with Gasteiger partial charge in [-0.25, -0.2) is 0 Å². The molecule has 3 aromatic rings. The van der Waals surface area contributed by atoms with Crippen LogP contribution in [0.5, 0.6) is 5.75 Å². The first-order chi connectivity index (χ1) is 8.93. The maximum Gasteiger partial charge on any atom is 0.130 e. The van der Waals surface area contributed by atoms with Gasteiger partial charge in [-0.05, 0) is 29.8 Å². The lowest BCUT2D eigenvalue weighted by Gasteiger charge is -2.08. The van der Waals surface area contributed by atoms with E-state index >= 15 is 0 Å². The molecule has 0 unspecified atom stereocenters. The standard InChI is InChI=1S/C16H12NO/c1-2-6-13(7-3-1)12-18-16-10-11-17-15-9-5-4-8-14(15)16/h2-11H,12H2. The highest BCUT2D eigenvalue weighted by atomic mass is 16.5. The van der Waals surface area contributed by atoms with Crippen molar-refractivity contribution in [3.8, 4) is 5.75 Å². The predicted molar refractivity (Wildman–Crippen MR) is 71.4 cm³/mol. The van der Waals surface area contributed by atoms with Crippen LogP contribution in [0.15, 0.2) is 60.8 Å². The molecule has 18 heavy (non-hydrogen) atoms. The topological polar surface area (TPSA) is 22.1 Å². The summed E-state index contributed by atoms with van der Waals surface area (Å²) in [5.41, 5.74) is 2.09. The first-order valence-corrected chi connectivity index (χ1v) is 5.85. The molecule has 0 fully saturated rings. The molecule has 1 radical (unpaired) electrons. The van der Waals surface area contributed by atoms with E-state index in [1.54, 1.807) is 6.20 Å². The van der Waals surface area contributed by atoms with E-state index in [2.05, 4.69) is 11.1 Å². The molecule has 0 saturated carbocycles. The Kier molecular flexibility index (Phi) is 2.92. The van der Waals surface area contributed by atoms with Crippen LogP contribution in [-0.4, -0.2) is 4.98 Å². The van der Waals surface area contributed by atoms with Crippen LogP contribution in [-0.2, 0) is 6.61 Å².